The second kappa shape index (κ2) is 8.46. The van der Waals surface area contributed by atoms with Crippen LogP contribution in [0.4, 0.5) is 5.69 Å². The minimum Gasteiger partial charge on any atom is -0.492 e. The molecule has 0 bridgehead atoms. The van der Waals surface area contributed by atoms with Gasteiger partial charge < -0.3 is 14.8 Å². The minimum atomic E-state index is -3.64. The van der Waals surface area contributed by atoms with Crippen molar-refractivity contribution in [1.82, 2.24) is 4.31 Å². The SMILES string of the molecule is CCOc1ccc(S(=O)(=O)N2CCOCC2)cc1NC(=O)C=C(C)C. The van der Waals surface area contributed by atoms with E-state index in [4.69, 9.17) is 9.47 Å². The monoisotopic (exact) mass is 368 g/mol. The first kappa shape index (κ1) is 19.4. The van der Waals surface area contributed by atoms with Crippen molar-refractivity contribution in [1.29, 1.82) is 0 Å². The Balaban J connectivity index is 2.35. The lowest BCUT2D eigenvalue weighted by Crippen LogP contribution is -2.40. The molecule has 0 aromatic heterocycles. The number of sulfonamides is 1. The Kier molecular flexibility index (Phi) is 6.57. The molecule has 0 unspecified atom stereocenters. The van der Waals surface area contributed by atoms with Gasteiger partial charge in [0.2, 0.25) is 15.9 Å². The lowest BCUT2D eigenvalue weighted by Gasteiger charge is -2.26. The van der Waals surface area contributed by atoms with Crippen molar-refractivity contribution in [3.8, 4) is 5.75 Å². The number of hydrogen-bond acceptors (Lipinski definition) is 5. The fourth-order valence-electron chi connectivity index (χ4n) is 2.42. The summed E-state index contributed by atoms with van der Waals surface area (Å²) < 4.78 is 37.6. The number of amides is 1. The van der Waals surface area contributed by atoms with Crippen LogP contribution in [0.5, 0.6) is 5.75 Å². The van der Waals surface area contributed by atoms with Crippen molar-refractivity contribution < 1.29 is 22.7 Å². The maximum absolute atomic E-state index is 12.8. The summed E-state index contributed by atoms with van der Waals surface area (Å²) >= 11 is 0. The molecule has 1 amide bonds. The number of carbonyl (C=O) groups excluding carboxylic acids is 1. The van der Waals surface area contributed by atoms with Crippen LogP contribution in [0.15, 0.2) is 34.7 Å². The third-order valence-corrected chi connectivity index (χ3v) is 5.43. The molecular formula is C17H24N2O5S. The molecule has 8 heteroatoms. The van der Waals surface area contributed by atoms with E-state index in [0.29, 0.717) is 44.3 Å². The highest BCUT2D eigenvalue weighted by molar-refractivity contribution is 7.89. The smallest absolute Gasteiger partial charge is 0.248 e. The molecule has 0 atom stereocenters. The second-order valence-corrected chi connectivity index (χ2v) is 7.76. The number of ether oxygens (including phenoxy) is 2. The van der Waals surface area contributed by atoms with E-state index in [9.17, 15) is 13.2 Å². The zero-order valence-electron chi connectivity index (χ0n) is 14.7. The van der Waals surface area contributed by atoms with E-state index < -0.39 is 10.0 Å². The quantitative estimate of drug-likeness (QED) is 0.777. The highest BCUT2D eigenvalue weighted by atomic mass is 32.2. The third kappa shape index (κ3) is 5.04. The van der Waals surface area contributed by atoms with Gasteiger partial charge in [-0.25, -0.2) is 8.42 Å². The fourth-order valence-corrected chi connectivity index (χ4v) is 3.85. The van der Waals surface area contributed by atoms with E-state index in [1.165, 1.54) is 22.5 Å². The van der Waals surface area contributed by atoms with Gasteiger partial charge in [0.25, 0.3) is 0 Å². The number of allylic oxidation sites excluding steroid dienone is 1. The summed E-state index contributed by atoms with van der Waals surface area (Å²) in [5.74, 6) is 0.0980. The van der Waals surface area contributed by atoms with Gasteiger partial charge in [0.05, 0.1) is 30.4 Å². The van der Waals surface area contributed by atoms with Gasteiger partial charge in [0.15, 0.2) is 0 Å². The van der Waals surface area contributed by atoms with E-state index in [-0.39, 0.29) is 10.8 Å². The highest BCUT2D eigenvalue weighted by Gasteiger charge is 2.27. The summed E-state index contributed by atoms with van der Waals surface area (Å²) in [6, 6.07) is 4.49. The van der Waals surface area contributed by atoms with E-state index in [0.717, 1.165) is 5.57 Å². The number of anilines is 1. The summed E-state index contributed by atoms with van der Waals surface area (Å²) in [6.07, 6.45) is 1.44. The van der Waals surface area contributed by atoms with Crippen molar-refractivity contribution in [3.05, 3.63) is 29.8 Å². The predicted octanol–water partition coefficient (Wildman–Crippen LogP) is 2.01. The van der Waals surface area contributed by atoms with Crippen LogP contribution >= 0.6 is 0 Å². The van der Waals surface area contributed by atoms with Crippen LogP contribution < -0.4 is 10.1 Å². The predicted molar refractivity (Wildman–Crippen MR) is 95.2 cm³/mol. The summed E-state index contributed by atoms with van der Waals surface area (Å²) in [6.45, 7) is 7.22. The Morgan fingerprint density at radius 2 is 2.00 bits per heavy atom. The number of nitrogens with zero attached hydrogens (tertiary/aromatic N) is 1. The van der Waals surface area contributed by atoms with Crippen LogP contribution in [0.3, 0.4) is 0 Å². The van der Waals surface area contributed by atoms with Gasteiger partial charge in [-0.1, -0.05) is 5.57 Å². The van der Waals surface area contributed by atoms with Gasteiger partial charge in [-0.3, -0.25) is 4.79 Å². The lowest BCUT2D eigenvalue weighted by atomic mass is 10.2. The summed E-state index contributed by atoms with van der Waals surface area (Å²) in [4.78, 5) is 12.1. The van der Waals surface area contributed by atoms with Crippen LogP contribution in [0.25, 0.3) is 0 Å². The molecule has 0 radical (unpaired) electrons. The lowest BCUT2D eigenvalue weighted by molar-refractivity contribution is -0.112. The molecule has 1 heterocycles. The molecule has 1 fully saturated rings. The molecule has 0 spiro atoms. The van der Waals surface area contributed by atoms with Gasteiger partial charge in [-0.2, -0.15) is 4.31 Å². The molecule has 0 saturated carbocycles. The zero-order chi connectivity index (χ0) is 18.4. The molecule has 1 aromatic carbocycles. The van der Waals surface area contributed by atoms with Crippen molar-refractivity contribution in [3.63, 3.8) is 0 Å². The topological polar surface area (TPSA) is 84.9 Å². The maximum Gasteiger partial charge on any atom is 0.248 e. The number of nitrogens with one attached hydrogen (secondary N) is 1. The Labute approximate surface area is 148 Å². The van der Waals surface area contributed by atoms with Gasteiger partial charge in [0, 0.05) is 19.2 Å². The van der Waals surface area contributed by atoms with Crippen LogP contribution in [0.2, 0.25) is 0 Å². The van der Waals surface area contributed by atoms with Gasteiger partial charge in [-0.05, 0) is 39.0 Å². The van der Waals surface area contributed by atoms with Gasteiger partial charge in [0.1, 0.15) is 5.75 Å². The fraction of sp³-hybridized carbons (Fsp3) is 0.471. The van der Waals surface area contributed by atoms with E-state index in [1.807, 2.05) is 20.8 Å². The largest absolute Gasteiger partial charge is 0.492 e. The van der Waals surface area contributed by atoms with Crippen LogP contribution in [0, 0.1) is 0 Å². The maximum atomic E-state index is 12.8. The van der Waals surface area contributed by atoms with E-state index in [2.05, 4.69) is 5.32 Å². The molecule has 0 aliphatic carbocycles. The first-order chi connectivity index (χ1) is 11.8. The highest BCUT2D eigenvalue weighted by Crippen LogP contribution is 2.29. The average Bonchev–Trinajstić information content (AvgIpc) is 2.56. The van der Waals surface area contributed by atoms with Crippen molar-refractivity contribution in [2.24, 2.45) is 0 Å². The van der Waals surface area contributed by atoms with E-state index in [1.54, 1.807) is 6.07 Å². The van der Waals surface area contributed by atoms with Gasteiger partial charge >= 0.3 is 0 Å². The second-order valence-electron chi connectivity index (χ2n) is 5.82. The van der Waals surface area contributed by atoms with E-state index >= 15 is 0 Å². The molecule has 1 aliphatic heterocycles. The summed E-state index contributed by atoms with van der Waals surface area (Å²) in [5.41, 5.74) is 1.17. The number of morpholine rings is 1. The Bertz CT molecular complexity index is 748. The number of benzene rings is 1. The minimum absolute atomic E-state index is 0.116. The summed E-state index contributed by atoms with van der Waals surface area (Å²) in [5, 5.41) is 2.69. The van der Waals surface area contributed by atoms with Crippen LogP contribution in [-0.4, -0.2) is 51.5 Å². The zero-order valence-corrected chi connectivity index (χ0v) is 15.6. The molecule has 25 heavy (non-hydrogen) atoms. The molecule has 1 saturated heterocycles. The van der Waals surface area contributed by atoms with Gasteiger partial charge in [-0.15, -0.1) is 0 Å². The molecule has 1 aromatic rings. The Morgan fingerprint density at radius 3 is 2.60 bits per heavy atom. The molecular weight excluding hydrogens is 344 g/mol. The van der Waals surface area contributed by atoms with Crippen LogP contribution in [-0.2, 0) is 19.6 Å². The molecule has 1 aliphatic rings. The summed E-state index contributed by atoms with van der Waals surface area (Å²) in [7, 11) is -3.64. The first-order valence-electron chi connectivity index (χ1n) is 8.15. The number of hydrogen-bond donors (Lipinski definition) is 1. The average molecular weight is 368 g/mol. The van der Waals surface area contributed by atoms with Crippen molar-refractivity contribution >= 4 is 21.6 Å². The molecule has 138 valence electrons. The molecule has 7 nitrogen and oxygen atoms in total. The van der Waals surface area contributed by atoms with Crippen molar-refractivity contribution in [2.45, 2.75) is 25.7 Å². The third-order valence-electron chi connectivity index (χ3n) is 3.54. The normalized spacial score (nSPS) is 15.5. The van der Waals surface area contributed by atoms with Crippen LogP contribution in [0.1, 0.15) is 20.8 Å². The first-order valence-corrected chi connectivity index (χ1v) is 9.59. The number of rotatable bonds is 6. The molecule has 2 rings (SSSR count). The molecule has 1 N–H and O–H groups in total. The Hall–Kier alpha value is -1.90. The Morgan fingerprint density at radius 1 is 1.32 bits per heavy atom. The number of carbonyl (C=O) groups is 1. The standard InChI is InChI=1S/C17H24N2O5S/c1-4-24-16-6-5-14(12-15(16)18-17(20)11-13(2)3)25(21,22)19-7-9-23-10-8-19/h5-6,11-12H,4,7-10H2,1-3H3,(H,18,20). The van der Waals surface area contributed by atoms with Crippen molar-refractivity contribution in [2.75, 3.05) is 38.2 Å².